The summed E-state index contributed by atoms with van der Waals surface area (Å²) in [4.78, 5) is 0. The minimum atomic E-state index is 0. The SMILES string of the molecule is Br.C[N+]1(CCCCC[N+]23CCC(CC2)C(O)C3)CCCCC1. The van der Waals surface area contributed by atoms with Crippen molar-refractivity contribution in [3.05, 3.63) is 0 Å². The Bertz CT molecular complexity index is 336. The standard InChI is InChI=1S/C18H36N2O.BrH/c1-19(10-4-2-5-11-19)12-6-3-7-13-20-14-8-17(9-15-20)18(21)16-20;/h17-18,21H,2-16H2,1H3;1H/q+2;. The monoisotopic (exact) mass is 376 g/mol. The lowest BCUT2D eigenvalue weighted by molar-refractivity contribution is -0.946. The number of likely N-dealkylation sites (tertiary alicyclic amines) is 1. The summed E-state index contributed by atoms with van der Waals surface area (Å²) in [6.45, 7) is 9.28. The molecule has 3 nitrogen and oxygen atoms in total. The Morgan fingerprint density at radius 1 is 0.864 bits per heavy atom. The Morgan fingerprint density at radius 2 is 1.50 bits per heavy atom. The fraction of sp³-hybridized carbons (Fsp3) is 1.00. The first-order valence-electron chi connectivity index (χ1n) is 9.48. The summed E-state index contributed by atoms with van der Waals surface area (Å²) in [5.74, 6) is 0.633. The lowest BCUT2D eigenvalue weighted by Gasteiger charge is -2.51. The van der Waals surface area contributed by atoms with Crippen LogP contribution in [0.4, 0.5) is 0 Å². The zero-order valence-corrected chi connectivity index (χ0v) is 16.2. The summed E-state index contributed by atoms with van der Waals surface area (Å²) >= 11 is 0. The lowest BCUT2D eigenvalue weighted by Crippen LogP contribution is -2.63. The first-order chi connectivity index (χ1) is 10.1. The summed E-state index contributed by atoms with van der Waals surface area (Å²) in [5, 5.41) is 10.2. The Morgan fingerprint density at radius 3 is 2.14 bits per heavy atom. The Labute approximate surface area is 147 Å². The Kier molecular flexibility index (Phi) is 6.76. The summed E-state index contributed by atoms with van der Waals surface area (Å²) < 4.78 is 2.57. The number of aliphatic hydroxyl groups excluding tert-OH is 1. The average molecular weight is 377 g/mol. The van der Waals surface area contributed by atoms with E-state index in [0.29, 0.717) is 5.92 Å². The molecule has 4 aliphatic heterocycles. The van der Waals surface area contributed by atoms with E-state index in [1.165, 1.54) is 99.6 Å². The quantitative estimate of drug-likeness (QED) is 0.557. The average Bonchev–Trinajstić information content (AvgIpc) is 2.48. The van der Waals surface area contributed by atoms with Gasteiger partial charge in [-0.3, -0.25) is 0 Å². The minimum Gasteiger partial charge on any atom is -0.387 e. The highest BCUT2D eigenvalue weighted by Gasteiger charge is 2.44. The van der Waals surface area contributed by atoms with Crippen molar-refractivity contribution in [3.63, 3.8) is 0 Å². The van der Waals surface area contributed by atoms with Gasteiger partial charge in [0.1, 0.15) is 12.6 Å². The zero-order valence-electron chi connectivity index (χ0n) is 14.5. The molecule has 4 rings (SSSR count). The third-order valence-electron chi connectivity index (χ3n) is 6.79. The van der Waals surface area contributed by atoms with E-state index in [9.17, 15) is 5.11 Å². The maximum atomic E-state index is 10.2. The summed E-state index contributed by atoms with van der Waals surface area (Å²) in [6, 6.07) is 0. The van der Waals surface area contributed by atoms with Gasteiger partial charge < -0.3 is 14.1 Å². The highest BCUT2D eigenvalue weighted by Crippen LogP contribution is 2.34. The van der Waals surface area contributed by atoms with E-state index in [4.69, 9.17) is 0 Å². The van der Waals surface area contributed by atoms with Crippen molar-refractivity contribution in [1.29, 1.82) is 0 Å². The molecule has 0 radical (unpaired) electrons. The minimum absolute atomic E-state index is 0. The van der Waals surface area contributed by atoms with Gasteiger partial charge in [-0.25, -0.2) is 0 Å². The van der Waals surface area contributed by atoms with E-state index in [1.807, 2.05) is 0 Å². The molecule has 4 fully saturated rings. The number of piperidine rings is 4. The maximum Gasteiger partial charge on any atom is 0.106 e. The smallest absolute Gasteiger partial charge is 0.106 e. The van der Waals surface area contributed by atoms with E-state index in [0.717, 1.165) is 6.54 Å². The van der Waals surface area contributed by atoms with Crippen LogP contribution in [0.25, 0.3) is 0 Å². The summed E-state index contributed by atoms with van der Waals surface area (Å²) in [6.07, 6.45) is 11.1. The number of halogens is 1. The molecule has 0 aromatic carbocycles. The van der Waals surface area contributed by atoms with Gasteiger partial charge in [0.05, 0.1) is 46.3 Å². The van der Waals surface area contributed by atoms with Crippen LogP contribution < -0.4 is 0 Å². The van der Waals surface area contributed by atoms with Crippen molar-refractivity contribution in [1.82, 2.24) is 0 Å². The van der Waals surface area contributed by atoms with Crippen molar-refractivity contribution in [2.75, 3.05) is 52.9 Å². The van der Waals surface area contributed by atoms with Gasteiger partial charge in [0, 0.05) is 18.8 Å². The summed E-state index contributed by atoms with van der Waals surface area (Å²) in [5.41, 5.74) is 0. The third-order valence-corrected chi connectivity index (χ3v) is 6.79. The molecule has 2 bridgehead atoms. The van der Waals surface area contributed by atoms with Crippen LogP contribution in [0.1, 0.15) is 51.4 Å². The molecule has 22 heavy (non-hydrogen) atoms. The second-order valence-corrected chi connectivity index (χ2v) is 8.51. The predicted molar refractivity (Wildman–Crippen MR) is 97.3 cm³/mol. The van der Waals surface area contributed by atoms with Crippen molar-refractivity contribution >= 4 is 17.0 Å². The molecule has 0 saturated carbocycles. The van der Waals surface area contributed by atoms with Crippen molar-refractivity contribution < 1.29 is 14.1 Å². The number of rotatable bonds is 6. The second-order valence-electron chi connectivity index (χ2n) is 8.51. The highest BCUT2D eigenvalue weighted by molar-refractivity contribution is 8.93. The molecule has 4 heteroatoms. The number of hydrogen-bond donors (Lipinski definition) is 1. The summed E-state index contributed by atoms with van der Waals surface area (Å²) in [7, 11) is 2.46. The normalized spacial score (nSPS) is 36.8. The molecule has 0 amide bonds. The van der Waals surface area contributed by atoms with Crippen molar-refractivity contribution in [3.8, 4) is 0 Å². The number of hydrogen-bond acceptors (Lipinski definition) is 1. The molecule has 130 valence electrons. The van der Waals surface area contributed by atoms with Gasteiger partial charge >= 0.3 is 0 Å². The lowest BCUT2D eigenvalue weighted by atomic mass is 9.83. The molecule has 4 heterocycles. The van der Waals surface area contributed by atoms with E-state index >= 15 is 0 Å². The van der Waals surface area contributed by atoms with Gasteiger partial charge in [-0.2, -0.15) is 0 Å². The zero-order chi connectivity index (χ0) is 14.8. The predicted octanol–water partition coefficient (Wildman–Crippen LogP) is 2.97. The molecule has 1 N–H and O–H groups in total. The van der Waals surface area contributed by atoms with Crippen LogP contribution >= 0.6 is 17.0 Å². The van der Waals surface area contributed by atoms with Gasteiger partial charge in [0.15, 0.2) is 0 Å². The van der Waals surface area contributed by atoms with E-state index < -0.39 is 0 Å². The van der Waals surface area contributed by atoms with Crippen LogP contribution in [0.15, 0.2) is 0 Å². The molecular formula is C18H37BrN2O+2. The Balaban J connectivity index is 0.00000176. The van der Waals surface area contributed by atoms with E-state index in [-0.39, 0.29) is 23.1 Å². The molecule has 0 spiro atoms. The molecule has 0 aliphatic carbocycles. The molecular weight excluding hydrogens is 340 g/mol. The van der Waals surface area contributed by atoms with Gasteiger partial charge in [-0.1, -0.05) is 0 Å². The number of unbranched alkanes of at least 4 members (excludes halogenated alkanes) is 2. The van der Waals surface area contributed by atoms with Gasteiger partial charge in [0.25, 0.3) is 0 Å². The van der Waals surface area contributed by atoms with Crippen LogP contribution in [0.5, 0.6) is 0 Å². The largest absolute Gasteiger partial charge is 0.387 e. The van der Waals surface area contributed by atoms with Gasteiger partial charge in [-0.05, 0) is 38.5 Å². The number of quaternary nitrogens is 2. The fourth-order valence-corrected chi connectivity index (χ4v) is 5.18. The molecule has 0 aromatic rings. The first kappa shape index (κ1) is 18.7. The van der Waals surface area contributed by atoms with Crippen molar-refractivity contribution in [2.45, 2.75) is 57.5 Å². The Hall–Kier alpha value is 0.360. The number of aliphatic hydroxyl groups is 1. The van der Waals surface area contributed by atoms with Gasteiger partial charge in [-0.15, -0.1) is 17.0 Å². The van der Waals surface area contributed by atoms with Crippen LogP contribution in [0, 0.1) is 5.92 Å². The van der Waals surface area contributed by atoms with Gasteiger partial charge in [0.2, 0.25) is 0 Å². The van der Waals surface area contributed by atoms with E-state index in [1.54, 1.807) is 0 Å². The highest BCUT2D eigenvalue weighted by atomic mass is 79.9. The van der Waals surface area contributed by atoms with E-state index in [2.05, 4.69) is 7.05 Å². The second kappa shape index (κ2) is 7.96. The van der Waals surface area contributed by atoms with Crippen LogP contribution in [-0.4, -0.2) is 73.0 Å². The van der Waals surface area contributed by atoms with Crippen molar-refractivity contribution in [2.24, 2.45) is 5.92 Å². The van der Waals surface area contributed by atoms with Crippen LogP contribution in [0.2, 0.25) is 0 Å². The maximum absolute atomic E-state index is 10.2. The molecule has 1 atom stereocenters. The number of fused-ring (bicyclic) bond motifs is 3. The first-order valence-corrected chi connectivity index (χ1v) is 9.48. The van der Waals surface area contributed by atoms with Crippen LogP contribution in [-0.2, 0) is 0 Å². The number of nitrogens with zero attached hydrogens (tertiary/aromatic N) is 2. The van der Waals surface area contributed by atoms with Crippen LogP contribution in [0.3, 0.4) is 0 Å². The molecule has 1 unspecified atom stereocenters. The third kappa shape index (κ3) is 4.46. The molecule has 4 saturated heterocycles. The fourth-order valence-electron chi connectivity index (χ4n) is 5.18. The molecule has 0 aromatic heterocycles. The molecule has 4 aliphatic rings. The topological polar surface area (TPSA) is 20.2 Å².